The molecule has 5 nitrogen and oxygen atoms in total. The zero-order valence-electron chi connectivity index (χ0n) is 14.8. The van der Waals surface area contributed by atoms with Gasteiger partial charge in [0.2, 0.25) is 5.78 Å². The van der Waals surface area contributed by atoms with Crippen molar-refractivity contribution in [2.75, 3.05) is 0 Å². The van der Waals surface area contributed by atoms with Gasteiger partial charge in [-0.15, -0.1) is 11.6 Å². The smallest absolute Gasteiger partial charge is 0.334 e. The number of allylic oxidation sites excluding steroid dienone is 1. The lowest BCUT2D eigenvalue weighted by Crippen LogP contribution is -2.15. The summed E-state index contributed by atoms with van der Waals surface area (Å²) >= 11 is 6.22. The van der Waals surface area contributed by atoms with Gasteiger partial charge >= 0.3 is 5.97 Å². The fourth-order valence-corrected chi connectivity index (χ4v) is 3.09. The molecule has 1 atom stereocenters. The number of carbonyl (C=O) groups is 2. The lowest BCUT2D eigenvalue weighted by atomic mass is 10.1. The number of hydrogen-bond acceptors (Lipinski definition) is 5. The average Bonchev–Trinajstić information content (AvgIpc) is 3.33. The van der Waals surface area contributed by atoms with Gasteiger partial charge in [-0.1, -0.05) is 30.3 Å². The Hall–Kier alpha value is -3.31. The van der Waals surface area contributed by atoms with Crippen LogP contribution in [0.1, 0.15) is 32.6 Å². The third kappa shape index (κ3) is 3.32. The van der Waals surface area contributed by atoms with Crippen molar-refractivity contribution in [3.8, 4) is 11.5 Å². The first-order chi connectivity index (χ1) is 13.5. The molecule has 1 aliphatic heterocycles. The Balaban J connectivity index is 1.58. The monoisotopic (exact) mass is 394 g/mol. The highest BCUT2D eigenvalue weighted by atomic mass is 35.5. The van der Waals surface area contributed by atoms with Crippen LogP contribution >= 0.6 is 11.6 Å². The third-order valence-corrected chi connectivity index (χ3v) is 4.79. The van der Waals surface area contributed by atoms with Gasteiger partial charge in [-0.2, -0.15) is 0 Å². The molecule has 1 aromatic heterocycles. The maximum Gasteiger partial charge on any atom is 0.334 e. The van der Waals surface area contributed by atoms with Crippen LogP contribution in [0.3, 0.4) is 0 Å². The Morgan fingerprint density at radius 3 is 2.61 bits per heavy atom. The maximum atomic E-state index is 12.5. The van der Waals surface area contributed by atoms with Crippen molar-refractivity contribution < 1.29 is 23.5 Å². The zero-order valence-corrected chi connectivity index (χ0v) is 15.6. The quantitative estimate of drug-likeness (QED) is 0.267. The molecule has 0 radical (unpaired) electrons. The molecule has 4 rings (SSSR count). The van der Waals surface area contributed by atoms with Crippen LogP contribution in [0, 0.1) is 6.92 Å². The van der Waals surface area contributed by atoms with Crippen LogP contribution in [0.2, 0.25) is 0 Å². The number of fused-ring (bicyclic) bond motifs is 1. The van der Waals surface area contributed by atoms with Crippen LogP contribution in [0.25, 0.3) is 6.08 Å². The predicted molar refractivity (Wildman–Crippen MR) is 103 cm³/mol. The van der Waals surface area contributed by atoms with E-state index in [2.05, 4.69) is 0 Å². The molecule has 28 heavy (non-hydrogen) atoms. The van der Waals surface area contributed by atoms with Crippen LogP contribution in [0.4, 0.5) is 0 Å². The van der Waals surface area contributed by atoms with Crippen molar-refractivity contribution in [3.05, 3.63) is 89.1 Å². The largest absolute Gasteiger partial charge is 0.465 e. The fraction of sp³-hybridized carbons (Fsp3) is 0.0909. The summed E-state index contributed by atoms with van der Waals surface area (Å²) in [7, 11) is 0. The Bertz CT molecular complexity index is 1070. The first-order valence-corrected chi connectivity index (χ1v) is 9.00. The van der Waals surface area contributed by atoms with E-state index < -0.39 is 11.3 Å². The van der Waals surface area contributed by atoms with Gasteiger partial charge in [0.05, 0.1) is 11.8 Å². The van der Waals surface area contributed by atoms with Gasteiger partial charge in [0, 0.05) is 11.6 Å². The summed E-state index contributed by atoms with van der Waals surface area (Å²) < 4.78 is 16.4. The van der Waals surface area contributed by atoms with Crippen LogP contribution in [-0.4, -0.2) is 11.8 Å². The number of alkyl halides is 1. The zero-order chi connectivity index (χ0) is 19.7. The number of benzene rings is 2. The van der Waals surface area contributed by atoms with E-state index in [-0.39, 0.29) is 17.3 Å². The molecule has 6 heteroatoms. The Morgan fingerprint density at radius 1 is 1.11 bits per heavy atom. The van der Waals surface area contributed by atoms with Crippen molar-refractivity contribution >= 4 is 29.4 Å². The molecule has 0 aliphatic carbocycles. The lowest BCUT2D eigenvalue weighted by Gasteiger charge is -2.13. The first-order valence-electron chi connectivity index (χ1n) is 8.56. The SMILES string of the molecule is Cc1c(OC(=O)C(Cl)c2ccccc2)ccc2c1O/C(=C\c1ccco1)C2=O. The predicted octanol–water partition coefficient (Wildman–Crippen LogP) is 5.09. The summed E-state index contributed by atoms with van der Waals surface area (Å²) in [6.45, 7) is 1.72. The van der Waals surface area contributed by atoms with E-state index in [0.29, 0.717) is 28.2 Å². The number of Topliss-reactive ketones (excluding diaryl/α,β-unsaturated/α-hetero) is 1. The van der Waals surface area contributed by atoms with E-state index in [9.17, 15) is 9.59 Å². The number of ether oxygens (including phenoxy) is 2. The molecule has 2 heterocycles. The highest BCUT2D eigenvalue weighted by Crippen LogP contribution is 2.39. The van der Waals surface area contributed by atoms with Gasteiger partial charge in [0.1, 0.15) is 17.3 Å². The fourth-order valence-electron chi connectivity index (χ4n) is 2.90. The molecule has 0 saturated heterocycles. The summed E-state index contributed by atoms with van der Waals surface area (Å²) in [5.41, 5.74) is 1.59. The molecular formula is C22H15ClO5. The highest BCUT2D eigenvalue weighted by Gasteiger charge is 2.31. The Kier molecular flexibility index (Phi) is 4.75. The maximum absolute atomic E-state index is 12.5. The number of furan rings is 1. The first kappa shape index (κ1) is 18.1. The van der Waals surface area contributed by atoms with Crippen molar-refractivity contribution in [1.29, 1.82) is 0 Å². The van der Waals surface area contributed by atoms with Crippen LogP contribution in [-0.2, 0) is 4.79 Å². The van der Waals surface area contributed by atoms with Gasteiger partial charge in [-0.25, -0.2) is 4.79 Å². The number of hydrogen-bond donors (Lipinski definition) is 0. The second-order valence-electron chi connectivity index (χ2n) is 6.21. The summed E-state index contributed by atoms with van der Waals surface area (Å²) in [4.78, 5) is 25.0. The molecule has 0 amide bonds. The van der Waals surface area contributed by atoms with E-state index in [1.807, 2.05) is 6.07 Å². The van der Waals surface area contributed by atoms with Crippen LogP contribution in [0.5, 0.6) is 11.5 Å². The molecule has 0 fully saturated rings. The summed E-state index contributed by atoms with van der Waals surface area (Å²) in [5, 5.41) is -0.939. The van der Waals surface area contributed by atoms with Crippen molar-refractivity contribution in [2.45, 2.75) is 12.3 Å². The molecule has 0 saturated carbocycles. The third-order valence-electron chi connectivity index (χ3n) is 4.36. The van der Waals surface area contributed by atoms with Crippen molar-refractivity contribution in [1.82, 2.24) is 0 Å². The van der Waals surface area contributed by atoms with E-state index in [0.717, 1.165) is 0 Å². The van der Waals surface area contributed by atoms with E-state index in [1.54, 1.807) is 55.5 Å². The van der Waals surface area contributed by atoms with Gasteiger partial charge in [0.15, 0.2) is 11.1 Å². The number of carbonyl (C=O) groups excluding carboxylic acids is 2. The molecule has 2 aromatic carbocycles. The molecule has 1 aliphatic rings. The van der Waals surface area contributed by atoms with Gasteiger partial charge in [0.25, 0.3) is 0 Å². The minimum absolute atomic E-state index is 0.149. The minimum Gasteiger partial charge on any atom is -0.465 e. The standard InChI is InChI=1S/C22H15ClO5/c1-13-17(28-22(25)19(23)14-6-3-2-4-7-14)10-9-16-20(24)18(27-21(13)16)12-15-8-5-11-26-15/h2-12,19H,1H3/b18-12-. The highest BCUT2D eigenvalue weighted by molar-refractivity contribution is 6.30. The normalized spacial score (nSPS) is 15.2. The van der Waals surface area contributed by atoms with Gasteiger partial charge in [-0.3, -0.25) is 4.79 Å². The summed E-state index contributed by atoms with van der Waals surface area (Å²) in [5.74, 6) is 0.444. The van der Waals surface area contributed by atoms with Crippen LogP contribution in [0.15, 0.2) is 71.0 Å². The number of halogens is 1. The van der Waals surface area contributed by atoms with Crippen molar-refractivity contribution in [2.24, 2.45) is 0 Å². The van der Waals surface area contributed by atoms with E-state index >= 15 is 0 Å². The minimum atomic E-state index is -0.939. The number of esters is 1. The molecule has 140 valence electrons. The van der Waals surface area contributed by atoms with Crippen LogP contribution < -0.4 is 9.47 Å². The second kappa shape index (κ2) is 7.37. The molecule has 1 unspecified atom stereocenters. The molecule has 0 spiro atoms. The molecular weight excluding hydrogens is 380 g/mol. The molecule has 0 N–H and O–H groups in total. The number of rotatable bonds is 4. The van der Waals surface area contributed by atoms with Crippen molar-refractivity contribution in [3.63, 3.8) is 0 Å². The Labute approximate surface area is 166 Å². The summed E-state index contributed by atoms with van der Waals surface area (Å²) in [6.07, 6.45) is 3.04. The topological polar surface area (TPSA) is 65.7 Å². The van der Waals surface area contributed by atoms with E-state index in [4.69, 9.17) is 25.5 Å². The second-order valence-corrected chi connectivity index (χ2v) is 6.65. The summed E-state index contributed by atoms with van der Waals surface area (Å²) in [6, 6.07) is 15.5. The lowest BCUT2D eigenvalue weighted by molar-refractivity contribution is -0.134. The van der Waals surface area contributed by atoms with Gasteiger partial charge < -0.3 is 13.9 Å². The number of ketones is 1. The average molecular weight is 395 g/mol. The van der Waals surface area contributed by atoms with Gasteiger partial charge in [-0.05, 0) is 36.8 Å². The molecule has 0 bridgehead atoms. The Morgan fingerprint density at radius 2 is 1.89 bits per heavy atom. The molecule has 3 aromatic rings. The van der Waals surface area contributed by atoms with E-state index in [1.165, 1.54) is 12.3 Å².